The lowest BCUT2D eigenvalue weighted by Crippen LogP contribution is -2.40. The topological polar surface area (TPSA) is 68.3 Å². The molecule has 0 radical (unpaired) electrons. The molecule has 2 N–H and O–H groups in total. The van der Waals surface area contributed by atoms with Gasteiger partial charge in [0, 0.05) is 39.3 Å². The molecule has 0 aliphatic heterocycles. The van der Waals surface area contributed by atoms with E-state index in [0.29, 0.717) is 39.3 Å². The largest absolute Gasteiger partial charge is 0.382 e. The van der Waals surface area contributed by atoms with E-state index in [0.717, 1.165) is 0 Å². The van der Waals surface area contributed by atoms with Gasteiger partial charge in [-0.1, -0.05) is 0 Å². The molecule has 0 saturated carbocycles. The maximum absolute atomic E-state index is 8.90. The van der Waals surface area contributed by atoms with Crippen LogP contribution in [0.2, 0.25) is 0 Å². The van der Waals surface area contributed by atoms with E-state index >= 15 is 0 Å². The molecule has 0 aromatic heterocycles. The van der Waals surface area contributed by atoms with Crippen LogP contribution in [0.1, 0.15) is 26.7 Å². The summed E-state index contributed by atoms with van der Waals surface area (Å²) in [5, 5.41) is 8.90. The van der Waals surface area contributed by atoms with Gasteiger partial charge in [-0.2, -0.15) is 5.26 Å². The van der Waals surface area contributed by atoms with Crippen molar-refractivity contribution in [1.29, 1.82) is 5.26 Å². The first kappa shape index (κ1) is 13.4. The minimum absolute atomic E-state index is 0.534. The summed E-state index contributed by atoms with van der Waals surface area (Å²) in [4.78, 5) is 0. The molecule has 0 amide bonds. The van der Waals surface area contributed by atoms with Crippen LogP contribution in [0.5, 0.6) is 0 Å². The van der Waals surface area contributed by atoms with Gasteiger partial charge in [-0.05, 0) is 13.8 Å². The van der Waals surface area contributed by atoms with Crippen molar-refractivity contribution >= 4 is 0 Å². The van der Waals surface area contributed by atoms with E-state index in [1.807, 2.05) is 13.8 Å². The van der Waals surface area contributed by atoms with Crippen molar-refractivity contribution in [2.45, 2.75) is 32.2 Å². The lowest BCUT2D eigenvalue weighted by atomic mass is 9.95. The van der Waals surface area contributed by atoms with Crippen LogP contribution in [0.25, 0.3) is 0 Å². The predicted molar refractivity (Wildman–Crippen MR) is 54.8 cm³/mol. The molecule has 0 aliphatic rings. The lowest BCUT2D eigenvalue weighted by molar-refractivity contribution is 0.109. The van der Waals surface area contributed by atoms with Gasteiger partial charge in [0.05, 0.1) is 6.07 Å². The highest BCUT2D eigenvalue weighted by Crippen LogP contribution is 2.11. The van der Waals surface area contributed by atoms with Crippen LogP contribution in [0.4, 0.5) is 0 Å². The van der Waals surface area contributed by atoms with Crippen LogP contribution in [-0.2, 0) is 9.47 Å². The minimum atomic E-state index is -0.801. The summed E-state index contributed by atoms with van der Waals surface area (Å²) >= 11 is 0. The van der Waals surface area contributed by atoms with Crippen molar-refractivity contribution in [2.75, 3.05) is 26.4 Å². The highest BCUT2D eigenvalue weighted by molar-refractivity contribution is 5.04. The summed E-state index contributed by atoms with van der Waals surface area (Å²) in [6.07, 6.45) is 1.12. The van der Waals surface area contributed by atoms with Gasteiger partial charge in [0.25, 0.3) is 0 Å². The summed E-state index contributed by atoms with van der Waals surface area (Å²) < 4.78 is 10.3. The van der Waals surface area contributed by atoms with Gasteiger partial charge in [-0.25, -0.2) is 0 Å². The normalized spacial score (nSPS) is 11.3. The minimum Gasteiger partial charge on any atom is -0.382 e. The molecule has 4 heteroatoms. The molecular weight excluding hydrogens is 180 g/mol. The molecule has 0 aliphatic carbocycles. The Kier molecular flexibility index (Phi) is 7.40. The Balaban J connectivity index is 3.75. The van der Waals surface area contributed by atoms with E-state index in [-0.39, 0.29) is 0 Å². The van der Waals surface area contributed by atoms with Crippen LogP contribution in [0.15, 0.2) is 0 Å². The number of rotatable bonds is 8. The maximum Gasteiger partial charge on any atom is 0.108 e. The number of hydrogen-bond acceptors (Lipinski definition) is 4. The first-order chi connectivity index (χ1) is 6.68. The second kappa shape index (κ2) is 7.74. The first-order valence-electron chi connectivity index (χ1n) is 5.04. The fourth-order valence-corrected chi connectivity index (χ4v) is 1.03. The smallest absolute Gasteiger partial charge is 0.108 e. The molecule has 0 atom stereocenters. The van der Waals surface area contributed by atoms with E-state index < -0.39 is 5.54 Å². The van der Waals surface area contributed by atoms with Gasteiger partial charge in [0.15, 0.2) is 0 Å². The molecule has 0 fully saturated rings. The summed E-state index contributed by atoms with van der Waals surface area (Å²) in [7, 11) is 0. The Bertz CT molecular complexity index is 167. The SMILES string of the molecule is CCOCCC(N)(C#N)CCOCC. The van der Waals surface area contributed by atoms with E-state index in [9.17, 15) is 0 Å². The molecule has 14 heavy (non-hydrogen) atoms. The zero-order valence-electron chi connectivity index (χ0n) is 9.08. The fraction of sp³-hybridized carbons (Fsp3) is 0.900. The number of hydrogen-bond donors (Lipinski definition) is 1. The summed E-state index contributed by atoms with van der Waals surface area (Å²) in [5.41, 5.74) is 5.06. The average Bonchev–Trinajstić information content (AvgIpc) is 2.19. The highest BCUT2D eigenvalue weighted by atomic mass is 16.5. The van der Waals surface area contributed by atoms with Crippen LogP contribution in [0, 0.1) is 11.3 Å². The van der Waals surface area contributed by atoms with Gasteiger partial charge >= 0.3 is 0 Å². The van der Waals surface area contributed by atoms with Crippen molar-refractivity contribution in [2.24, 2.45) is 5.73 Å². The third kappa shape index (κ3) is 5.92. The molecular formula is C10H20N2O2. The van der Waals surface area contributed by atoms with E-state index in [2.05, 4.69) is 6.07 Å². The Morgan fingerprint density at radius 3 is 1.86 bits per heavy atom. The second-order valence-electron chi connectivity index (χ2n) is 3.16. The quantitative estimate of drug-likeness (QED) is 0.595. The molecule has 82 valence electrons. The number of ether oxygens (including phenoxy) is 2. The van der Waals surface area contributed by atoms with Crippen molar-refractivity contribution in [3.63, 3.8) is 0 Å². The van der Waals surface area contributed by atoms with Crippen LogP contribution in [-0.4, -0.2) is 32.0 Å². The van der Waals surface area contributed by atoms with E-state index in [1.54, 1.807) is 0 Å². The van der Waals surface area contributed by atoms with Gasteiger partial charge < -0.3 is 15.2 Å². The monoisotopic (exact) mass is 200 g/mol. The molecule has 0 heterocycles. The Morgan fingerprint density at radius 2 is 1.57 bits per heavy atom. The van der Waals surface area contributed by atoms with Gasteiger partial charge in [-0.3, -0.25) is 0 Å². The van der Waals surface area contributed by atoms with Crippen molar-refractivity contribution in [3.05, 3.63) is 0 Å². The van der Waals surface area contributed by atoms with Crippen LogP contribution >= 0.6 is 0 Å². The Labute approximate surface area is 86.0 Å². The van der Waals surface area contributed by atoms with E-state index in [1.165, 1.54) is 0 Å². The molecule has 0 unspecified atom stereocenters. The van der Waals surface area contributed by atoms with E-state index in [4.69, 9.17) is 20.5 Å². The molecule has 4 nitrogen and oxygen atoms in total. The van der Waals surface area contributed by atoms with Gasteiger partial charge in [0.1, 0.15) is 5.54 Å². The first-order valence-corrected chi connectivity index (χ1v) is 5.04. The lowest BCUT2D eigenvalue weighted by Gasteiger charge is -2.20. The number of nitrogens with zero attached hydrogens (tertiary/aromatic N) is 1. The van der Waals surface area contributed by atoms with Crippen molar-refractivity contribution in [3.8, 4) is 6.07 Å². The van der Waals surface area contributed by atoms with Crippen molar-refractivity contribution < 1.29 is 9.47 Å². The van der Waals surface area contributed by atoms with Crippen LogP contribution in [0.3, 0.4) is 0 Å². The molecule has 0 aromatic rings. The maximum atomic E-state index is 8.90. The third-order valence-corrected chi connectivity index (χ3v) is 2.02. The molecule has 0 rings (SSSR count). The average molecular weight is 200 g/mol. The third-order valence-electron chi connectivity index (χ3n) is 2.02. The van der Waals surface area contributed by atoms with Gasteiger partial charge in [-0.15, -0.1) is 0 Å². The predicted octanol–water partition coefficient (Wildman–Crippen LogP) is 1.06. The summed E-state index contributed by atoms with van der Waals surface area (Å²) in [6, 6.07) is 2.11. The standard InChI is InChI=1S/C10H20N2O2/c1-3-13-7-5-10(12,9-11)6-8-14-4-2/h3-8,12H2,1-2H3. The molecule has 0 saturated heterocycles. The summed E-state index contributed by atoms with van der Waals surface area (Å²) in [5.74, 6) is 0. The number of nitrogens with two attached hydrogens (primary N) is 1. The fourth-order valence-electron chi connectivity index (χ4n) is 1.03. The molecule has 0 bridgehead atoms. The zero-order valence-corrected chi connectivity index (χ0v) is 9.08. The summed E-state index contributed by atoms with van der Waals surface area (Å²) in [6.45, 7) is 6.23. The Morgan fingerprint density at radius 1 is 1.14 bits per heavy atom. The second-order valence-corrected chi connectivity index (χ2v) is 3.16. The van der Waals surface area contributed by atoms with Gasteiger partial charge in [0.2, 0.25) is 0 Å². The van der Waals surface area contributed by atoms with Crippen molar-refractivity contribution in [1.82, 2.24) is 0 Å². The Hall–Kier alpha value is -0.630. The highest BCUT2D eigenvalue weighted by Gasteiger charge is 2.23. The number of nitriles is 1. The molecule has 0 spiro atoms. The zero-order chi connectivity index (χ0) is 10.9. The molecule has 0 aromatic carbocycles. The van der Waals surface area contributed by atoms with Crippen LogP contribution < -0.4 is 5.73 Å².